The van der Waals surface area contributed by atoms with E-state index in [9.17, 15) is 0 Å². The Kier molecular flexibility index (Phi) is 3.20. The van der Waals surface area contributed by atoms with Crippen LogP contribution in [0.4, 0.5) is 5.69 Å². The van der Waals surface area contributed by atoms with Crippen LogP contribution in [0.25, 0.3) is 0 Å². The molecule has 2 nitrogen and oxygen atoms in total. The van der Waals surface area contributed by atoms with Crippen LogP contribution >= 0.6 is 0 Å². The Hall–Kier alpha value is -1.83. The molecule has 1 N–H and O–H groups in total. The molecule has 0 aliphatic rings. The quantitative estimate of drug-likeness (QED) is 0.844. The van der Waals surface area contributed by atoms with Gasteiger partial charge in [0.2, 0.25) is 0 Å². The van der Waals surface area contributed by atoms with Gasteiger partial charge in [0.1, 0.15) is 0 Å². The largest absolute Gasteiger partial charge is 0.379 e. The Bertz CT molecular complexity index is 432. The van der Waals surface area contributed by atoms with Gasteiger partial charge >= 0.3 is 0 Å². The number of hydrogen-bond acceptors (Lipinski definition) is 2. The number of aryl methyl sites for hydroxylation is 2. The zero-order chi connectivity index (χ0) is 11.4. The normalized spacial score (nSPS) is 10.1. The molecular formula is C14H16N2. The van der Waals surface area contributed by atoms with E-state index in [0.29, 0.717) is 0 Å². The Morgan fingerprint density at radius 3 is 2.62 bits per heavy atom. The highest BCUT2D eigenvalue weighted by atomic mass is 14.9. The number of pyridine rings is 1. The van der Waals surface area contributed by atoms with Gasteiger partial charge in [0.05, 0.1) is 12.2 Å². The number of anilines is 1. The van der Waals surface area contributed by atoms with Gasteiger partial charge in [-0.05, 0) is 43.7 Å². The molecule has 0 amide bonds. The molecule has 0 aliphatic carbocycles. The van der Waals surface area contributed by atoms with Crippen LogP contribution in [0.15, 0.2) is 42.5 Å². The van der Waals surface area contributed by atoms with E-state index in [2.05, 4.69) is 41.5 Å². The fourth-order valence-electron chi connectivity index (χ4n) is 1.65. The highest BCUT2D eigenvalue weighted by molar-refractivity contribution is 5.45. The molecular weight excluding hydrogens is 196 g/mol. The minimum absolute atomic E-state index is 0.769. The number of nitrogens with one attached hydrogen (secondary N) is 1. The van der Waals surface area contributed by atoms with Crippen LogP contribution in [-0.2, 0) is 6.54 Å². The first-order valence-electron chi connectivity index (χ1n) is 5.47. The fraction of sp³-hybridized carbons (Fsp3) is 0.214. The highest BCUT2D eigenvalue weighted by Crippen LogP contribution is 2.10. The van der Waals surface area contributed by atoms with Crippen molar-refractivity contribution >= 4 is 5.69 Å². The molecule has 2 heteroatoms. The number of benzene rings is 1. The standard InChI is InChI=1S/C14H16N2/c1-11-5-3-7-13(9-11)15-10-14-8-4-6-12(2)16-14/h3-9,15H,10H2,1-2H3. The van der Waals surface area contributed by atoms with Gasteiger partial charge in [-0.2, -0.15) is 0 Å². The lowest BCUT2D eigenvalue weighted by Gasteiger charge is -2.07. The lowest BCUT2D eigenvalue weighted by atomic mass is 10.2. The molecule has 1 aromatic heterocycles. The molecule has 0 bridgehead atoms. The Balaban J connectivity index is 2.02. The molecule has 0 saturated carbocycles. The lowest BCUT2D eigenvalue weighted by Crippen LogP contribution is -2.02. The minimum Gasteiger partial charge on any atom is -0.379 e. The SMILES string of the molecule is Cc1cccc(NCc2cccc(C)n2)c1. The van der Waals surface area contributed by atoms with E-state index in [1.54, 1.807) is 0 Å². The molecule has 0 spiro atoms. The van der Waals surface area contributed by atoms with Crippen LogP contribution < -0.4 is 5.32 Å². The van der Waals surface area contributed by atoms with E-state index in [4.69, 9.17) is 0 Å². The third-order valence-corrected chi connectivity index (χ3v) is 2.44. The molecule has 0 fully saturated rings. The average Bonchev–Trinajstić information content (AvgIpc) is 2.27. The average molecular weight is 212 g/mol. The van der Waals surface area contributed by atoms with Gasteiger partial charge < -0.3 is 5.32 Å². The summed E-state index contributed by atoms with van der Waals surface area (Å²) in [5, 5.41) is 3.37. The van der Waals surface area contributed by atoms with Crippen LogP contribution in [0.3, 0.4) is 0 Å². The summed E-state index contributed by atoms with van der Waals surface area (Å²) in [6.07, 6.45) is 0. The van der Waals surface area contributed by atoms with Crippen molar-refractivity contribution in [1.29, 1.82) is 0 Å². The van der Waals surface area contributed by atoms with Crippen molar-refractivity contribution in [2.45, 2.75) is 20.4 Å². The van der Waals surface area contributed by atoms with Gasteiger partial charge in [-0.1, -0.05) is 18.2 Å². The summed E-state index contributed by atoms with van der Waals surface area (Å²) < 4.78 is 0. The van der Waals surface area contributed by atoms with Crippen LogP contribution in [0.1, 0.15) is 17.0 Å². The molecule has 2 rings (SSSR count). The van der Waals surface area contributed by atoms with Crippen LogP contribution in [0.5, 0.6) is 0 Å². The predicted molar refractivity (Wildman–Crippen MR) is 67.5 cm³/mol. The van der Waals surface area contributed by atoms with Crippen molar-refractivity contribution in [3.05, 3.63) is 59.4 Å². The zero-order valence-electron chi connectivity index (χ0n) is 9.70. The number of hydrogen-bond donors (Lipinski definition) is 1. The number of rotatable bonds is 3. The maximum absolute atomic E-state index is 4.45. The summed E-state index contributed by atoms with van der Waals surface area (Å²) in [5.74, 6) is 0. The minimum atomic E-state index is 0.769. The molecule has 0 atom stereocenters. The maximum atomic E-state index is 4.45. The van der Waals surface area contributed by atoms with E-state index in [0.717, 1.165) is 23.6 Å². The predicted octanol–water partition coefficient (Wildman–Crippen LogP) is 3.31. The van der Waals surface area contributed by atoms with E-state index in [-0.39, 0.29) is 0 Å². The third-order valence-electron chi connectivity index (χ3n) is 2.44. The maximum Gasteiger partial charge on any atom is 0.0597 e. The van der Waals surface area contributed by atoms with E-state index in [1.807, 2.05) is 25.1 Å². The molecule has 0 saturated heterocycles. The molecule has 16 heavy (non-hydrogen) atoms. The van der Waals surface area contributed by atoms with Crippen molar-refractivity contribution in [2.24, 2.45) is 0 Å². The Morgan fingerprint density at radius 1 is 1.06 bits per heavy atom. The lowest BCUT2D eigenvalue weighted by molar-refractivity contribution is 1.01. The molecule has 0 aliphatic heterocycles. The van der Waals surface area contributed by atoms with Crippen LogP contribution in [0, 0.1) is 13.8 Å². The van der Waals surface area contributed by atoms with Crippen molar-refractivity contribution in [2.75, 3.05) is 5.32 Å². The zero-order valence-corrected chi connectivity index (χ0v) is 9.70. The fourth-order valence-corrected chi connectivity index (χ4v) is 1.65. The van der Waals surface area contributed by atoms with Crippen molar-refractivity contribution in [3.8, 4) is 0 Å². The van der Waals surface area contributed by atoms with E-state index >= 15 is 0 Å². The smallest absolute Gasteiger partial charge is 0.0597 e. The summed E-state index contributed by atoms with van der Waals surface area (Å²) in [6.45, 7) is 4.87. The number of aromatic nitrogens is 1. The first-order chi connectivity index (χ1) is 7.74. The summed E-state index contributed by atoms with van der Waals surface area (Å²) in [7, 11) is 0. The second-order valence-electron chi connectivity index (χ2n) is 3.99. The Labute approximate surface area is 96.4 Å². The van der Waals surface area contributed by atoms with Gasteiger partial charge in [0, 0.05) is 11.4 Å². The number of nitrogens with zero attached hydrogens (tertiary/aromatic N) is 1. The topological polar surface area (TPSA) is 24.9 Å². The van der Waals surface area contributed by atoms with Gasteiger partial charge in [-0.3, -0.25) is 4.98 Å². The van der Waals surface area contributed by atoms with Crippen molar-refractivity contribution in [3.63, 3.8) is 0 Å². The molecule has 1 aromatic carbocycles. The van der Waals surface area contributed by atoms with E-state index in [1.165, 1.54) is 5.56 Å². The molecule has 82 valence electrons. The van der Waals surface area contributed by atoms with Crippen LogP contribution in [-0.4, -0.2) is 4.98 Å². The summed E-state index contributed by atoms with van der Waals surface area (Å²) in [5.41, 5.74) is 4.54. The second kappa shape index (κ2) is 4.79. The molecule has 1 heterocycles. The molecule has 2 aromatic rings. The third kappa shape index (κ3) is 2.83. The van der Waals surface area contributed by atoms with Gasteiger partial charge in [-0.15, -0.1) is 0 Å². The van der Waals surface area contributed by atoms with Crippen LogP contribution in [0.2, 0.25) is 0 Å². The van der Waals surface area contributed by atoms with Gasteiger partial charge in [0.25, 0.3) is 0 Å². The van der Waals surface area contributed by atoms with E-state index < -0.39 is 0 Å². The van der Waals surface area contributed by atoms with Crippen molar-refractivity contribution < 1.29 is 0 Å². The van der Waals surface area contributed by atoms with Gasteiger partial charge in [0.15, 0.2) is 0 Å². The first-order valence-corrected chi connectivity index (χ1v) is 5.47. The second-order valence-corrected chi connectivity index (χ2v) is 3.99. The van der Waals surface area contributed by atoms with Gasteiger partial charge in [-0.25, -0.2) is 0 Å². The summed E-state index contributed by atoms with van der Waals surface area (Å²) >= 11 is 0. The molecule has 0 radical (unpaired) electrons. The first kappa shape index (κ1) is 10.7. The summed E-state index contributed by atoms with van der Waals surface area (Å²) in [6, 6.07) is 14.4. The monoisotopic (exact) mass is 212 g/mol. The highest BCUT2D eigenvalue weighted by Gasteiger charge is 1.95. The van der Waals surface area contributed by atoms with Crippen molar-refractivity contribution in [1.82, 2.24) is 4.98 Å². The molecule has 0 unspecified atom stereocenters. The Morgan fingerprint density at radius 2 is 1.88 bits per heavy atom. The summed E-state index contributed by atoms with van der Waals surface area (Å²) in [4.78, 5) is 4.45.